The van der Waals surface area contributed by atoms with Crippen molar-refractivity contribution < 1.29 is 9.72 Å². The first kappa shape index (κ1) is 13.0. The van der Waals surface area contributed by atoms with Crippen LogP contribution in [0.15, 0.2) is 16.4 Å². The van der Waals surface area contributed by atoms with Crippen LogP contribution >= 0.6 is 11.8 Å². The van der Waals surface area contributed by atoms with E-state index in [1.807, 2.05) is 0 Å². The van der Waals surface area contributed by atoms with Gasteiger partial charge in [-0.05, 0) is 21.7 Å². The van der Waals surface area contributed by atoms with Crippen molar-refractivity contribution in [1.82, 2.24) is 30.3 Å². The van der Waals surface area contributed by atoms with Crippen molar-refractivity contribution >= 4 is 23.5 Å². The van der Waals surface area contributed by atoms with E-state index in [2.05, 4.69) is 25.7 Å². The van der Waals surface area contributed by atoms with E-state index in [0.717, 1.165) is 11.8 Å². The number of carbonyl (C=O) groups excluding carboxylic acids is 1. The average molecular weight is 283 g/mol. The molecule has 0 aromatic carbocycles. The number of rotatable bonds is 4. The fraction of sp³-hybridized carbons (Fsp3) is 0.250. The molecule has 0 radical (unpaired) electrons. The Hall–Kier alpha value is -2.43. The van der Waals surface area contributed by atoms with Crippen molar-refractivity contribution in [3.63, 3.8) is 0 Å². The molecule has 0 saturated carbocycles. The van der Waals surface area contributed by atoms with Crippen LogP contribution in [0, 0.1) is 10.1 Å². The molecule has 0 saturated heterocycles. The number of carbonyl (C=O) groups is 1. The van der Waals surface area contributed by atoms with E-state index in [9.17, 15) is 14.9 Å². The van der Waals surface area contributed by atoms with Crippen LogP contribution in [0.5, 0.6) is 0 Å². The quantitative estimate of drug-likeness (QED) is 0.594. The van der Waals surface area contributed by atoms with Crippen LogP contribution in [0.3, 0.4) is 0 Å². The molecule has 2 heterocycles. The maximum absolute atomic E-state index is 11.5. The van der Waals surface area contributed by atoms with Gasteiger partial charge in [-0.3, -0.25) is 4.79 Å². The summed E-state index contributed by atoms with van der Waals surface area (Å²) in [6.07, 6.45) is 1.32. The molecule has 2 aromatic rings. The Morgan fingerprint density at radius 1 is 1.58 bits per heavy atom. The van der Waals surface area contributed by atoms with Crippen molar-refractivity contribution in [2.24, 2.45) is 7.05 Å². The molecule has 11 heteroatoms. The third-order valence-electron chi connectivity index (χ3n) is 2.19. The molecule has 0 aliphatic carbocycles. The van der Waals surface area contributed by atoms with Gasteiger partial charge < -0.3 is 20.0 Å². The number of nitro groups is 1. The van der Waals surface area contributed by atoms with Gasteiger partial charge >= 0.3 is 5.82 Å². The van der Waals surface area contributed by atoms with Gasteiger partial charge in [-0.2, -0.15) is 5.21 Å². The summed E-state index contributed by atoms with van der Waals surface area (Å²) in [6.45, 7) is 0. The van der Waals surface area contributed by atoms with Crippen LogP contribution in [0.4, 0.5) is 5.82 Å². The smallest absolute Gasteiger partial charge is 0.358 e. The highest BCUT2D eigenvalue weighted by Gasteiger charge is 2.25. The summed E-state index contributed by atoms with van der Waals surface area (Å²) >= 11 is 0.946. The van der Waals surface area contributed by atoms with Gasteiger partial charge in [0, 0.05) is 14.1 Å². The summed E-state index contributed by atoms with van der Waals surface area (Å²) in [7, 11) is 3.07. The number of aromatic nitrogens is 5. The third kappa shape index (κ3) is 2.40. The molecule has 19 heavy (non-hydrogen) atoms. The van der Waals surface area contributed by atoms with Crippen LogP contribution in [-0.2, 0) is 7.05 Å². The third-order valence-corrected chi connectivity index (χ3v) is 3.33. The van der Waals surface area contributed by atoms with Crippen molar-refractivity contribution in [3.8, 4) is 0 Å². The fourth-order valence-electron chi connectivity index (χ4n) is 1.30. The van der Waals surface area contributed by atoms with Crippen LogP contribution < -0.4 is 5.32 Å². The molecule has 0 fully saturated rings. The van der Waals surface area contributed by atoms with E-state index in [4.69, 9.17) is 0 Å². The van der Waals surface area contributed by atoms with Gasteiger partial charge in [-0.1, -0.05) is 0 Å². The summed E-state index contributed by atoms with van der Waals surface area (Å²) < 4.78 is 1.48. The molecule has 2 N–H and O–H groups in total. The molecule has 1 amide bonds. The second-order valence-electron chi connectivity index (χ2n) is 3.40. The highest BCUT2D eigenvalue weighted by atomic mass is 32.2. The number of hydrogen-bond donors (Lipinski definition) is 2. The van der Waals surface area contributed by atoms with Crippen molar-refractivity contribution in [3.05, 3.63) is 22.1 Å². The van der Waals surface area contributed by atoms with Crippen molar-refractivity contribution in [1.29, 1.82) is 0 Å². The number of hydrogen-bond acceptors (Lipinski definition) is 7. The minimum absolute atomic E-state index is 0.0722. The lowest BCUT2D eigenvalue weighted by Crippen LogP contribution is -2.19. The monoisotopic (exact) mass is 283 g/mol. The Kier molecular flexibility index (Phi) is 3.46. The highest BCUT2D eigenvalue weighted by Crippen LogP contribution is 2.33. The van der Waals surface area contributed by atoms with Crippen LogP contribution in [0.1, 0.15) is 10.5 Å². The first-order valence-corrected chi connectivity index (χ1v) is 5.82. The largest absolute Gasteiger partial charge is 0.396 e. The number of nitrogens with one attached hydrogen (secondary N) is 2. The lowest BCUT2D eigenvalue weighted by Gasteiger charge is -2.00. The number of aryl methyl sites for hydroxylation is 1. The lowest BCUT2D eigenvalue weighted by molar-refractivity contribution is -0.392. The first-order valence-electron chi connectivity index (χ1n) is 5.01. The molecule has 0 atom stereocenters. The maximum atomic E-state index is 11.5. The molecule has 2 aromatic heterocycles. The zero-order chi connectivity index (χ0) is 14.0. The normalized spacial score (nSPS) is 10.4. The summed E-state index contributed by atoms with van der Waals surface area (Å²) in [5.41, 5.74) is 0.0722. The van der Waals surface area contributed by atoms with E-state index in [1.165, 1.54) is 17.9 Å². The van der Waals surface area contributed by atoms with Crippen molar-refractivity contribution in [2.45, 2.75) is 10.1 Å². The Morgan fingerprint density at radius 2 is 2.32 bits per heavy atom. The average Bonchev–Trinajstić information content (AvgIpc) is 2.97. The number of H-pyrrole nitrogens is 1. The molecule has 2 rings (SSSR count). The number of imidazole rings is 1. The van der Waals surface area contributed by atoms with Gasteiger partial charge in [0.15, 0.2) is 15.7 Å². The lowest BCUT2D eigenvalue weighted by atomic mass is 10.4. The maximum Gasteiger partial charge on any atom is 0.396 e. The summed E-state index contributed by atoms with van der Waals surface area (Å²) in [6, 6.07) is 0. The number of amides is 1. The molecule has 0 unspecified atom stereocenters. The minimum atomic E-state index is -0.595. The second-order valence-corrected chi connectivity index (χ2v) is 4.38. The van der Waals surface area contributed by atoms with Crippen LogP contribution in [-0.4, -0.2) is 42.8 Å². The fourth-order valence-corrected chi connectivity index (χ4v) is 2.21. The molecule has 0 aliphatic rings. The first-order chi connectivity index (χ1) is 9.04. The zero-order valence-electron chi connectivity index (χ0n) is 9.95. The van der Waals surface area contributed by atoms with E-state index < -0.39 is 10.8 Å². The predicted octanol–water partition coefficient (Wildman–Crippen LogP) is -0.0428. The molecule has 0 bridgehead atoms. The van der Waals surface area contributed by atoms with Crippen LogP contribution in [0.25, 0.3) is 0 Å². The number of aromatic amines is 1. The van der Waals surface area contributed by atoms with Crippen molar-refractivity contribution in [2.75, 3.05) is 7.05 Å². The minimum Gasteiger partial charge on any atom is -0.358 e. The van der Waals surface area contributed by atoms with E-state index in [1.54, 1.807) is 7.05 Å². The van der Waals surface area contributed by atoms with Gasteiger partial charge in [0.25, 0.3) is 5.91 Å². The van der Waals surface area contributed by atoms with Gasteiger partial charge in [0.2, 0.25) is 6.33 Å². The Labute approximate surface area is 110 Å². The molecular formula is C8H9N7O3S. The standard InChI is InChI=1S/C8H9N7O3S/c1-9-6(16)4-7(12-13-11-4)19-8-5(15(17)18)10-3-14(8)2/h3H,1-2H3,(H,9,16)(H,11,12,13). The van der Waals surface area contributed by atoms with E-state index in [-0.39, 0.29) is 21.6 Å². The number of nitrogens with zero attached hydrogens (tertiary/aromatic N) is 5. The van der Waals surface area contributed by atoms with E-state index in [0.29, 0.717) is 0 Å². The molecule has 0 aliphatic heterocycles. The SMILES string of the molecule is CNC(=O)c1n[nH]nc1Sc1c([N+](=O)[O-])ncn1C. The molecule has 100 valence electrons. The van der Waals surface area contributed by atoms with Gasteiger partial charge in [0.1, 0.15) is 0 Å². The summed E-state index contributed by atoms with van der Waals surface area (Å²) in [5.74, 6) is -0.723. The molecule has 0 spiro atoms. The Bertz CT molecular complexity index is 634. The Balaban J connectivity index is 2.37. The summed E-state index contributed by atoms with van der Waals surface area (Å²) in [4.78, 5) is 25.4. The van der Waals surface area contributed by atoms with E-state index >= 15 is 0 Å². The van der Waals surface area contributed by atoms with Gasteiger partial charge in [0.05, 0.1) is 0 Å². The van der Waals surface area contributed by atoms with Crippen LogP contribution in [0.2, 0.25) is 0 Å². The molecular weight excluding hydrogens is 274 g/mol. The molecule has 10 nitrogen and oxygen atoms in total. The summed E-state index contributed by atoms with van der Waals surface area (Å²) in [5, 5.41) is 23.6. The second kappa shape index (κ2) is 5.06. The zero-order valence-corrected chi connectivity index (χ0v) is 10.8. The Morgan fingerprint density at radius 3 is 2.95 bits per heavy atom. The topological polar surface area (TPSA) is 132 Å². The van der Waals surface area contributed by atoms with Gasteiger partial charge in [-0.15, -0.1) is 10.2 Å². The predicted molar refractivity (Wildman–Crippen MR) is 63.8 cm³/mol. The highest BCUT2D eigenvalue weighted by molar-refractivity contribution is 7.99. The van der Waals surface area contributed by atoms with Gasteiger partial charge in [-0.25, -0.2) is 0 Å².